The lowest BCUT2D eigenvalue weighted by atomic mass is 9.97. The van der Waals surface area contributed by atoms with Crippen LogP contribution in [-0.4, -0.2) is 26.4 Å². The monoisotopic (exact) mass is 266 g/mol. The van der Waals surface area contributed by atoms with Crippen molar-refractivity contribution in [3.63, 3.8) is 0 Å². The molecule has 2 saturated carbocycles. The predicted octanol–water partition coefficient (Wildman–Crippen LogP) is 0.0595. The number of hydrogen-bond donors (Lipinski definition) is 1. The Morgan fingerprint density at radius 3 is 2.74 bits per heavy atom. The van der Waals surface area contributed by atoms with Crippen LogP contribution in [0.15, 0.2) is 4.79 Å². The maximum Gasteiger partial charge on any atom is 0.346 e. The van der Waals surface area contributed by atoms with E-state index in [1.807, 2.05) is 0 Å². The largest absolute Gasteiger partial charge is 0.346 e. The number of amides is 1. The highest BCUT2D eigenvalue weighted by Gasteiger charge is 2.30. The van der Waals surface area contributed by atoms with E-state index in [0.717, 1.165) is 37.9 Å². The van der Waals surface area contributed by atoms with Gasteiger partial charge in [-0.2, -0.15) is 5.10 Å². The van der Waals surface area contributed by atoms with Gasteiger partial charge in [-0.15, -0.1) is 0 Å². The molecular weight excluding hydrogens is 248 g/mol. The predicted molar refractivity (Wildman–Crippen MR) is 66.3 cm³/mol. The highest BCUT2D eigenvalue weighted by atomic mass is 16.7. The van der Waals surface area contributed by atoms with E-state index in [0.29, 0.717) is 5.92 Å². The fourth-order valence-corrected chi connectivity index (χ4v) is 2.11. The molecule has 0 spiro atoms. The molecule has 0 atom stereocenters. The summed E-state index contributed by atoms with van der Waals surface area (Å²) in [6, 6.07) is 0. The van der Waals surface area contributed by atoms with Gasteiger partial charge in [0.2, 0.25) is 0 Å². The highest BCUT2D eigenvalue weighted by molar-refractivity contribution is 5.74. The van der Waals surface area contributed by atoms with Gasteiger partial charge in [0, 0.05) is 13.0 Å². The number of nitrogens with one attached hydrogen (secondary N) is 1. The normalized spacial score (nSPS) is 19.2. The van der Waals surface area contributed by atoms with Crippen LogP contribution in [0.5, 0.6) is 0 Å². The summed E-state index contributed by atoms with van der Waals surface area (Å²) in [7, 11) is 1.70. The standard InChI is InChI=1S/C12H18N4O3/c1-15-11(8-5-6-8)13-16(12(15)18)7-10(17)14-19-9-3-2-4-9/h8-9H,2-7H2,1H3,(H,14,17). The Kier molecular flexibility index (Phi) is 3.14. The van der Waals surface area contributed by atoms with Crippen molar-refractivity contribution in [3.05, 3.63) is 16.3 Å². The second-order valence-corrected chi connectivity index (χ2v) is 5.33. The fraction of sp³-hybridized carbons (Fsp3) is 0.750. The molecule has 7 nitrogen and oxygen atoms in total. The van der Waals surface area contributed by atoms with Gasteiger partial charge in [-0.05, 0) is 32.1 Å². The lowest BCUT2D eigenvalue weighted by Crippen LogP contribution is -2.37. The van der Waals surface area contributed by atoms with Crippen molar-refractivity contribution in [3.8, 4) is 0 Å². The maximum absolute atomic E-state index is 11.9. The van der Waals surface area contributed by atoms with Crippen LogP contribution in [0, 0.1) is 0 Å². The van der Waals surface area contributed by atoms with E-state index < -0.39 is 0 Å². The molecule has 2 aliphatic carbocycles. The van der Waals surface area contributed by atoms with Gasteiger partial charge in [0.15, 0.2) is 0 Å². The third-order valence-electron chi connectivity index (χ3n) is 3.70. The number of hydroxylamine groups is 1. The molecule has 2 aliphatic rings. The molecule has 0 aliphatic heterocycles. The Bertz CT molecular complexity index is 540. The zero-order valence-corrected chi connectivity index (χ0v) is 11.0. The average molecular weight is 266 g/mol. The van der Waals surface area contributed by atoms with Crippen LogP contribution < -0.4 is 11.2 Å². The van der Waals surface area contributed by atoms with Gasteiger partial charge in [-0.25, -0.2) is 15.0 Å². The molecule has 0 saturated heterocycles. The van der Waals surface area contributed by atoms with E-state index in [4.69, 9.17) is 4.84 Å². The summed E-state index contributed by atoms with van der Waals surface area (Å²) in [5.74, 6) is 0.820. The van der Waals surface area contributed by atoms with E-state index >= 15 is 0 Å². The molecule has 2 fully saturated rings. The zero-order chi connectivity index (χ0) is 13.4. The number of nitrogens with zero attached hydrogens (tertiary/aromatic N) is 3. The summed E-state index contributed by atoms with van der Waals surface area (Å²) < 4.78 is 2.73. The van der Waals surface area contributed by atoms with Crippen LogP contribution in [0.25, 0.3) is 0 Å². The maximum atomic E-state index is 11.9. The molecule has 0 bridgehead atoms. The Balaban J connectivity index is 1.60. The van der Waals surface area contributed by atoms with E-state index in [2.05, 4.69) is 10.6 Å². The van der Waals surface area contributed by atoms with E-state index in [-0.39, 0.29) is 24.2 Å². The van der Waals surface area contributed by atoms with Crippen molar-refractivity contribution in [2.75, 3.05) is 0 Å². The summed E-state index contributed by atoms with van der Waals surface area (Å²) >= 11 is 0. The minimum atomic E-state index is -0.338. The van der Waals surface area contributed by atoms with Crippen molar-refractivity contribution < 1.29 is 9.63 Å². The van der Waals surface area contributed by atoms with Crippen molar-refractivity contribution in [2.45, 2.75) is 50.7 Å². The van der Waals surface area contributed by atoms with Crippen LogP contribution in [0.4, 0.5) is 0 Å². The second kappa shape index (κ2) is 4.80. The SMILES string of the molecule is Cn1c(C2CC2)nn(CC(=O)NOC2CCC2)c1=O. The van der Waals surface area contributed by atoms with Crippen molar-refractivity contribution in [1.29, 1.82) is 0 Å². The number of aromatic nitrogens is 3. The molecule has 0 radical (unpaired) electrons. The Labute approximate surface area is 110 Å². The number of carbonyl (C=O) groups is 1. The van der Waals surface area contributed by atoms with E-state index in [1.165, 1.54) is 9.25 Å². The molecule has 1 aromatic rings. The molecule has 0 unspecified atom stereocenters. The topological polar surface area (TPSA) is 78.2 Å². The smallest absolute Gasteiger partial charge is 0.282 e. The number of rotatable bonds is 5. The lowest BCUT2D eigenvalue weighted by Gasteiger charge is -2.24. The summed E-state index contributed by atoms with van der Waals surface area (Å²) in [6.45, 7) is -0.0912. The van der Waals surface area contributed by atoms with Crippen LogP contribution >= 0.6 is 0 Å². The summed E-state index contributed by atoms with van der Waals surface area (Å²) in [5, 5.41) is 4.22. The highest BCUT2D eigenvalue weighted by Crippen LogP contribution is 2.38. The third-order valence-corrected chi connectivity index (χ3v) is 3.70. The first-order valence-corrected chi connectivity index (χ1v) is 6.73. The van der Waals surface area contributed by atoms with Crippen LogP contribution in [0.2, 0.25) is 0 Å². The van der Waals surface area contributed by atoms with E-state index in [1.54, 1.807) is 7.05 Å². The van der Waals surface area contributed by atoms with E-state index in [9.17, 15) is 9.59 Å². The fourth-order valence-electron chi connectivity index (χ4n) is 2.11. The lowest BCUT2D eigenvalue weighted by molar-refractivity contribution is -0.143. The van der Waals surface area contributed by atoms with Gasteiger partial charge in [0.05, 0.1) is 6.10 Å². The van der Waals surface area contributed by atoms with Crippen LogP contribution in [0.3, 0.4) is 0 Å². The molecule has 1 aromatic heterocycles. The minimum absolute atomic E-state index is 0.0912. The van der Waals surface area contributed by atoms with Crippen molar-refractivity contribution in [2.24, 2.45) is 7.05 Å². The molecular formula is C12H18N4O3. The molecule has 19 heavy (non-hydrogen) atoms. The second-order valence-electron chi connectivity index (χ2n) is 5.33. The average Bonchev–Trinajstić information content (AvgIpc) is 3.11. The summed E-state index contributed by atoms with van der Waals surface area (Å²) in [4.78, 5) is 28.8. The summed E-state index contributed by atoms with van der Waals surface area (Å²) in [5.41, 5.74) is 2.14. The van der Waals surface area contributed by atoms with Gasteiger partial charge in [-0.1, -0.05) is 0 Å². The van der Waals surface area contributed by atoms with Gasteiger partial charge in [0.1, 0.15) is 12.4 Å². The van der Waals surface area contributed by atoms with Gasteiger partial charge in [0.25, 0.3) is 5.91 Å². The molecule has 1 amide bonds. The minimum Gasteiger partial charge on any atom is -0.282 e. The molecule has 104 valence electrons. The van der Waals surface area contributed by atoms with Crippen LogP contribution in [0.1, 0.15) is 43.8 Å². The number of hydrogen-bond acceptors (Lipinski definition) is 4. The Hall–Kier alpha value is -1.63. The summed E-state index contributed by atoms with van der Waals surface area (Å²) in [6.07, 6.45) is 5.38. The van der Waals surface area contributed by atoms with Crippen molar-refractivity contribution >= 4 is 5.91 Å². The first kappa shape index (κ1) is 12.4. The molecule has 0 aromatic carbocycles. The molecule has 3 rings (SSSR count). The zero-order valence-electron chi connectivity index (χ0n) is 11.0. The van der Waals surface area contributed by atoms with Gasteiger partial charge < -0.3 is 0 Å². The quantitative estimate of drug-likeness (QED) is 0.764. The van der Waals surface area contributed by atoms with Crippen LogP contribution in [-0.2, 0) is 23.2 Å². The Morgan fingerprint density at radius 2 is 2.16 bits per heavy atom. The first-order chi connectivity index (χ1) is 9.15. The van der Waals surface area contributed by atoms with Crippen molar-refractivity contribution in [1.82, 2.24) is 19.8 Å². The third kappa shape index (κ3) is 2.56. The molecule has 1 heterocycles. The molecule has 1 N–H and O–H groups in total. The Morgan fingerprint density at radius 1 is 1.42 bits per heavy atom. The first-order valence-electron chi connectivity index (χ1n) is 6.73. The molecule has 7 heteroatoms. The van der Waals surface area contributed by atoms with Gasteiger partial charge in [-0.3, -0.25) is 14.2 Å². The number of carbonyl (C=O) groups excluding carboxylic acids is 1. The van der Waals surface area contributed by atoms with Gasteiger partial charge >= 0.3 is 5.69 Å².